The molecule has 4 rings (SSSR count). The summed E-state index contributed by atoms with van der Waals surface area (Å²) >= 11 is 6.21. The topological polar surface area (TPSA) is 79.8 Å². The molecule has 33 heavy (non-hydrogen) atoms. The predicted molar refractivity (Wildman–Crippen MR) is 121 cm³/mol. The molecule has 0 radical (unpaired) electrons. The van der Waals surface area contributed by atoms with Gasteiger partial charge in [0.25, 0.3) is 5.91 Å². The fourth-order valence-corrected chi connectivity index (χ4v) is 4.04. The number of likely N-dealkylation sites (tertiary alicyclic amines) is 1. The zero-order chi connectivity index (χ0) is 23.2. The molecule has 0 bridgehead atoms. The van der Waals surface area contributed by atoms with Gasteiger partial charge in [-0.3, -0.25) is 4.79 Å². The fraction of sp³-hybridized carbons (Fsp3) is 0.500. The van der Waals surface area contributed by atoms with Gasteiger partial charge in [-0.25, -0.2) is 4.98 Å². The van der Waals surface area contributed by atoms with E-state index >= 15 is 0 Å². The van der Waals surface area contributed by atoms with Crippen LogP contribution >= 0.6 is 11.6 Å². The molecule has 178 valence electrons. The van der Waals surface area contributed by atoms with Gasteiger partial charge >= 0.3 is 6.43 Å². The summed E-state index contributed by atoms with van der Waals surface area (Å²) in [7, 11) is 0. The van der Waals surface area contributed by atoms with E-state index < -0.39 is 12.3 Å². The molecule has 11 heteroatoms. The lowest BCUT2D eigenvalue weighted by atomic mass is 9.98. The third-order valence-corrected chi connectivity index (χ3v) is 6.02. The maximum absolute atomic E-state index is 12.6. The first-order chi connectivity index (χ1) is 16.0. The number of nitrogens with zero attached hydrogens (tertiary/aromatic N) is 4. The Morgan fingerprint density at radius 3 is 2.73 bits per heavy atom. The molecule has 0 saturated carbocycles. The Hall–Kier alpha value is -2.72. The predicted octanol–water partition coefficient (Wildman–Crippen LogP) is 3.59. The van der Waals surface area contributed by atoms with Gasteiger partial charge in [0.05, 0.1) is 26.0 Å². The number of alkyl halides is 2. The van der Waals surface area contributed by atoms with Gasteiger partial charge in [0.2, 0.25) is 11.8 Å². The van der Waals surface area contributed by atoms with Gasteiger partial charge in [-0.15, -0.1) is 0 Å². The Kier molecular flexibility index (Phi) is 7.77. The lowest BCUT2D eigenvalue weighted by Crippen LogP contribution is -2.42. The number of hydrogen-bond donors (Lipinski definition) is 1. The summed E-state index contributed by atoms with van der Waals surface area (Å²) in [5.74, 6) is -0.378. The van der Waals surface area contributed by atoms with E-state index in [4.69, 9.17) is 21.1 Å². The van der Waals surface area contributed by atoms with Gasteiger partial charge in [-0.05, 0) is 37.0 Å². The van der Waals surface area contributed by atoms with Gasteiger partial charge in [-0.2, -0.15) is 13.8 Å². The minimum absolute atomic E-state index is 0.124. The summed E-state index contributed by atoms with van der Waals surface area (Å²) in [5.41, 5.74) is 1.92. The molecule has 1 aromatic heterocycles. The first kappa shape index (κ1) is 23.4. The Morgan fingerprint density at radius 2 is 2.00 bits per heavy atom. The van der Waals surface area contributed by atoms with Crippen LogP contribution in [0.15, 0.2) is 30.5 Å². The van der Waals surface area contributed by atoms with Crippen LogP contribution in [0.3, 0.4) is 0 Å². The third kappa shape index (κ3) is 6.20. The number of halogens is 3. The molecule has 1 N–H and O–H groups in total. The summed E-state index contributed by atoms with van der Waals surface area (Å²) < 4.78 is 36.4. The van der Waals surface area contributed by atoms with Crippen LogP contribution < -0.4 is 15.0 Å². The van der Waals surface area contributed by atoms with E-state index in [1.165, 1.54) is 11.1 Å². The van der Waals surface area contributed by atoms with Crippen LogP contribution in [-0.2, 0) is 9.53 Å². The summed E-state index contributed by atoms with van der Waals surface area (Å²) in [6, 6.07) is 7.97. The molecule has 0 atom stereocenters. The van der Waals surface area contributed by atoms with Gasteiger partial charge in [0, 0.05) is 37.6 Å². The molecular formula is C22H26ClF2N5O3. The lowest BCUT2D eigenvalue weighted by molar-refractivity contribution is -0.144. The van der Waals surface area contributed by atoms with Crippen molar-refractivity contribution in [3.63, 3.8) is 0 Å². The number of benzene rings is 1. The number of ether oxygens (including phenoxy) is 2. The molecule has 2 fully saturated rings. The molecule has 3 heterocycles. The van der Waals surface area contributed by atoms with Crippen LogP contribution in [0.1, 0.15) is 12.8 Å². The van der Waals surface area contributed by atoms with Crippen molar-refractivity contribution >= 4 is 34.8 Å². The van der Waals surface area contributed by atoms with Crippen molar-refractivity contribution in [2.75, 3.05) is 56.2 Å². The third-order valence-electron chi connectivity index (χ3n) is 5.76. The number of carbonyl (C=O) groups excluding carboxylic acids is 1. The summed E-state index contributed by atoms with van der Waals surface area (Å²) in [4.78, 5) is 23.5. The number of nitrogens with one attached hydrogen (secondary N) is 1. The summed E-state index contributed by atoms with van der Waals surface area (Å²) in [6.07, 6.45) is -0.318. The zero-order valence-corrected chi connectivity index (χ0v) is 18.8. The van der Waals surface area contributed by atoms with Crippen molar-refractivity contribution in [3.8, 4) is 5.88 Å². The highest BCUT2D eigenvalue weighted by Crippen LogP contribution is 2.27. The quantitative estimate of drug-likeness (QED) is 0.647. The normalized spacial score (nSPS) is 17.3. The average molecular weight is 482 g/mol. The number of carbonyl (C=O) groups is 1. The highest BCUT2D eigenvalue weighted by Gasteiger charge is 2.28. The Balaban J connectivity index is 1.33. The molecule has 2 saturated heterocycles. The van der Waals surface area contributed by atoms with E-state index in [-0.39, 0.29) is 16.8 Å². The molecule has 2 aromatic rings. The highest BCUT2D eigenvalue weighted by atomic mass is 35.5. The second kappa shape index (κ2) is 10.9. The van der Waals surface area contributed by atoms with Crippen molar-refractivity contribution in [3.05, 3.63) is 35.5 Å². The molecule has 2 aliphatic rings. The highest BCUT2D eigenvalue weighted by molar-refractivity contribution is 6.31. The molecule has 0 unspecified atom stereocenters. The van der Waals surface area contributed by atoms with Crippen LogP contribution in [-0.4, -0.2) is 73.2 Å². The van der Waals surface area contributed by atoms with E-state index in [0.29, 0.717) is 51.7 Å². The van der Waals surface area contributed by atoms with E-state index in [9.17, 15) is 13.6 Å². The smallest absolute Gasteiger partial charge is 0.315 e. The van der Waals surface area contributed by atoms with Crippen molar-refractivity contribution in [1.82, 2.24) is 14.9 Å². The zero-order valence-electron chi connectivity index (χ0n) is 18.1. The largest absolute Gasteiger partial charge is 0.476 e. The number of amides is 1. The average Bonchev–Trinajstić information content (AvgIpc) is 2.85. The lowest BCUT2D eigenvalue weighted by Gasteiger charge is -2.31. The van der Waals surface area contributed by atoms with Crippen molar-refractivity contribution in [2.45, 2.75) is 19.3 Å². The molecule has 0 spiro atoms. The van der Waals surface area contributed by atoms with Crippen LogP contribution in [0, 0.1) is 5.92 Å². The first-order valence-electron chi connectivity index (χ1n) is 10.9. The Bertz CT molecular complexity index is 953. The second-order valence-electron chi connectivity index (χ2n) is 8.00. The van der Waals surface area contributed by atoms with E-state index in [1.807, 2.05) is 24.3 Å². The van der Waals surface area contributed by atoms with E-state index in [0.717, 1.165) is 24.5 Å². The van der Waals surface area contributed by atoms with Crippen LogP contribution in [0.5, 0.6) is 5.88 Å². The number of anilines is 3. The molecule has 1 amide bonds. The number of piperidine rings is 1. The van der Waals surface area contributed by atoms with Crippen LogP contribution in [0.25, 0.3) is 0 Å². The van der Waals surface area contributed by atoms with Crippen molar-refractivity contribution in [2.24, 2.45) is 5.92 Å². The maximum Gasteiger partial charge on any atom is 0.315 e. The minimum atomic E-state index is -2.96. The molecular weight excluding hydrogens is 456 g/mol. The Labute approximate surface area is 195 Å². The molecule has 1 aromatic carbocycles. The molecule has 8 nitrogen and oxygen atoms in total. The molecule has 0 aliphatic carbocycles. The standard InChI is InChI=1S/C22H26ClF2N5O3/c23-18-13-26-22(27-16-2-1-3-17(12-16)29-8-10-32-11-9-29)28-20(18)33-14-15-4-6-30(7-5-15)21(31)19(24)25/h1-3,12-13,15,19H,4-11,14H2,(H,26,27,28). The van der Waals surface area contributed by atoms with E-state index in [1.54, 1.807) is 0 Å². The van der Waals surface area contributed by atoms with Crippen LogP contribution in [0.4, 0.5) is 26.1 Å². The van der Waals surface area contributed by atoms with Gasteiger partial charge in [-0.1, -0.05) is 17.7 Å². The number of hydrogen-bond acceptors (Lipinski definition) is 7. The number of morpholine rings is 1. The first-order valence-corrected chi connectivity index (χ1v) is 11.3. The van der Waals surface area contributed by atoms with Gasteiger partial charge < -0.3 is 24.6 Å². The summed E-state index contributed by atoms with van der Waals surface area (Å²) in [5, 5.41) is 3.47. The van der Waals surface area contributed by atoms with Crippen LogP contribution in [0.2, 0.25) is 5.02 Å². The number of aromatic nitrogens is 2. The monoisotopic (exact) mass is 481 g/mol. The second-order valence-corrected chi connectivity index (χ2v) is 8.41. The summed E-state index contributed by atoms with van der Waals surface area (Å²) in [6.45, 7) is 4.02. The molecule has 2 aliphatic heterocycles. The van der Waals surface area contributed by atoms with Crippen molar-refractivity contribution in [1.29, 1.82) is 0 Å². The fourth-order valence-electron chi connectivity index (χ4n) is 3.90. The SMILES string of the molecule is O=C(C(F)F)N1CCC(COc2nc(Nc3cccc(N4CCOCC4)c3)ncc2Cl)CC1. The maximum atomic E-state index is 12.6. The number of rotatable bonds is 7. The van der Waals surface area contributed by atoms with Gasteiger partial charge in [0.15, 0.2) is 0 Å². The minimum Gasteiger partial charge on any atom is -0.476 e. The van der Waals surface area contributed by atoms with Crippen molar-refractivity contribution < 1.29 is 23.0 Å². The van der Waals surface area contributed by atoms with Gasteiger partial charge in [0.1, 0.15) is 5.02 Å². The van der Waals surface area contributed by atoms with E-state index in [2.05, 4.69) is 20.2 Å². The Morgan fingerprint density at radius 1 is 1.24 bits per heavy atom.